The van der Waals surface area contributed by atoms with Gasteiger partial charge in [-0.05, 0) is 43.5 Å². The van der Waals surface area contributed by atoms with Crippen LogP contribution in [0.3, 0.4) is 0 Å². The van der Waals surface area contributed by atoms with Crippen LogP contribution in [0.5, 0.6) is 0 Å². The van der Waals surface area contributed by atoms with Gasteiger partial charge in [0.2, 0.25) is 0 Å². The molecule has 3 aromatic rings. The van der Waals surface area contributed by atoms with Crippen molar-refractivity contribution in [2.24, 2.45) is 0 Å². The van der Waals surface area contributed by atoms with E-state index in [9.17, 15) is 13.2 Å². The summed E-state index contributed by atoms with van der Waals surface area (Å²) in [5.74, 6) is 0.917. The summed E-state index contributed by atoms with van der Waals surface area (Å²) in [4.78, 5) is 20.0. The summed E-state index contributed by atoms with van der Waals surface area (Å²) in [6, 6.07) is 9.56. The van der Waals surface area contributed by atoms with Crippen molar-refractivity contribution in [3.05, 3.63) is 58.9 Å². The first-order valence-corrected chi connectivity index (χ1v) is 10.6. The summed E-state index contributed by atoms with van der Waals surface area (Å²) in [7, 11) is -3.89. The van der Waals surface area contributed by atoms with E-state index >= 15 is 0 Å². The van der Waals surface area contributed by atoms with Crippen molar-refractivity contribution in [1.29, 1.82) is 0 Å². The van der Waals surface area contributed by atoms with Gasteiger partial charge in [0.15, 0.2) is 0 Å². The number of sulfonamides is 1. The number of aryl methyl sites for hydroxylation is 3. The van der Waals surface area contributed by atoms with E-state index in [4.69, 9.17) is 0 Å². The van der Waals surface area contributed by atoms with Gasteiger partial charge < -0.3 is 10.3 Å². The van der Waals surface area contributed by atoms with E-state index in [1.807, 2.05) is 37.6 Å². The van der Waals surface area contributed by atoms with Gasteiger partial charge >= 0.3 is 6.03 Å². The fourth-order valence-electron chi connectivity index (χ4n) is 2.95. The Labute approximate surface area is 164 Å². The average molecular weight is 401 g/mol. The van der Waals surface area contributed by atoms with E-state index in [1.54, 1.807) is 12.1 Å². The largest absolute Gasteiger partial charge is 0.342 e. The van der Waals surface area contributed by atoms with Crippen LogP contribution in [0.15, 0.2) is 41.3 Å². The minimum atomic E-state index is -3.89. The second-order valence-electron chi connectivity index (χ2n) is 6.73. The van der Waals surface area contributed by atoms with Crippen LogP contribution in [0.4, 0.5) is 4.79 Å². The van der Waals surface area contributed by atoms with Gasteiger partial charge in [0.25, 0.3) is 10.0 Å². The van der Waals surface area contributed by atoms with Gasteiger partial charge in [0.1, 0.15) is 5.82 Å². The van der Waals surface area contributed by atoms with E-state index in [2.05, 4.69) is 15.3 Å². The van der Waals surface area contributed by atoms with Gasteiger partial charge in [0, 0.05) is 13.0 Å². The molecule has 0 atom stereocenters. The van der Waals surface area contributed by atoms with E-state index < -0.39 is 16.1 Å². The lowest BCUT2D eigenvalue weighted by atomic mass is 10.1. The summed E-state index contributed by atoms with van der Waals surface area (Å²) in [5.41, 5.74) is 4.95. The first-order valence-electron chi connectivity index (χ1n) is 9.14. The third-order valence-corrected chi connectivity index (χ3v) is 5.90. The molecule has 28 heavy (non-hydrogen) atoms. The summed E-state index contributed by atoms with van der Waals surface area (Å²) in [6.45, 7) is 6.21. The number of imidazole rings is 1. The third kappa shape index (κ3) is 4.33. The number of urea groups is 1. The first kappa shape index (κ1) is 19.9. The number of aromatic amines is 1. The summed E-state index contributed by atoms with van der Waals surface area (Å²) in [6.07, 6.45) is 1.37. The zero-order chi connectivity index (χ0) is 20.3. The maximum atomic E-state index is 12.2. The van der Waals surface area contributed by atoms with Crippen LogP contribution in [-0.4, -0.2) is 31.0 Å². The Hall–Kier alpha value is -2.87. The molecule has 0 saturated carbocycles. The Morgan fingerprint density at radius 3 is 2.50 bits per heavy atom. The molecule has 0 fully saturated rings. The molecule has 0 bridgehead atoms. The highest BCUT2D eigenvalue weighted by Crippen LogP contribution is 2.21. The van der Waals surface area contributed by atoms with Crippen LogP contribution >= 0.6 is 0 Å². The van der Waals surface area contributed by atoms with Gasteiger partial charge in [-0.1, -0.05) is 36.8 Å². The van der Waals surface area contributed by atoms with Crippen LogP contribution in [0.1, 0.15) is 29.4 Å². The maximum absolute atomic E-state index is 12.2. The normalized spacial score (nSPS) is 11.5. The van der Waals surface area contributed by atoms with Crippen LogP contribution in [-0.2, 0) is 22.9 Å². The Balaban J connectivity index is 1.63. The molecular formula is C20H24N4O3S. The van der Waals surface area contributed by atoms with Crippen molar-refractivity contribution in [2.75, 3.05) is 6.54 Å². The van der Waals surface area contributed by atoms with Gasteiger partial charge in [-0.25, -0.2) is 22.9 Å². The molecule has 1 aromatic heterocycles. The molecule has 3 rings (SSSR count). The molecule has 0 aliphatic heterocycles. The van der Waals surface area contributed by atoms with Crippen LogP contribution in [0, 0.1) is 13.8 Å². The van der Waals surface area contributed by atoms with Gasteiger partial charge in [0.05, 0.1) is 15.9 Å². The number of aromatic nitrogens is 2. The standard InChI is InChI=1S/C20H24N4O3S/c1-4-17-22-18-14(3)7-8-15(19(18)23-17)11-12-21-20(25)24-28(26,27)16-9-5-13(2)6-10-16/h5-10H,4,11-12H2,1-3H3,(H,22,23)(H2,21,24,25). The zero-order valence-electron chi connectivity index (χ0n) is 16.2. The van der Waals surface area contributed by atoms with Gasteiger partial charge in [-0.2, -0.15) is 0 Å². The number of hydrogen-bond donors (Lipinski definition) is 3. The van der Waals surface area contributed by atoms with Crippen molar-refractivity contribution in [1.82, 2.24) is 20.0 Å². The Morgan fingerprint density at radius 1 is 1.11 bits per heavy atom. The lowest BCUT2D eigenvalue weighted by Crippen LogP contribution is -2.40. The molecule has 0 radical (unpaired) electrons. The van der Waals surface area contributed by atoms with Crippen molar-refractivity contribution < 1.29 is 13.2 Å². The molecule has 3 N–H and O–H groups in total. The SMILES string of the molecule is CCc1nc2c(C)ccc(CCNC(=O)NS(=O)(=O)c3ccc(C)cc3)c2[nH]1. The molecule has 0 unspecified atom stereocenters. The minimum Gasteiger partial charge on any atom is -0.342 e. The van der Waals surface area contributed by atoms with Gasteiger partial charge in [-0.3, -0.25) is 0 Å². The number of rotatable bonds is 6. The zero-order valence-corrected chi connectivity index (χ0v) is 17.0. The Bertz CT molecular complexity index is 1100. The topological polar surface area (TPSA) is 104 Å². The predicted molar refractivity (Wildman–Crippen MR) is 109 cm³/mol. The molecule has 0 aliphatic carbocycles. The lowest BCUT2D eigenvalue weighted by Gasteiger charge is -2.09. The highest BCUT2D eigenvalue weighted by molar-refractivity contribution is 7.90. The molecule has 148 valence electrons. The predicted octanol–water partition coefficient (Wildman–Crippen LogP) is 2.97. The number of hydrogen-bond acceptors (Lipinski definition) is 4. The smallest absolute Gasteiger partial charge is 0.328 e. The quantitative estimate of drug-likeness (QED) is 0.592. The van der Waals surface area contributed by atoms with Crippen molar-refractivity contribution >= 4 is 27.1 Å². The second kappa shape index (κ2) is 8.02. The molecule has 7 nitrogen and oxygen atoms in total. The van der Waals surface area contributed by atoms with Crippen molar-refractivity contribution in [2.45, 2.75) is 38.5 Å². The van der Waals surface area contributed by atoms with E-state index in [0.717, 1.165) is 40.0 Å². The molecule has 2 amide bonds. The van der Waals surface area contributed by atoms with E-state index in [0.29, 0.717) is 13.0 Å². The lowest BCUT2D eigenvalue weighted by molar-refractivity contribution is 0.246. The molecule has 8 heteroatoms. The summed E-state index contributed by atoms with van der Waals surface area (Å²) < 4.78 is 26.5. The minimum absolute atomic E-state index is 0.0537. The van der Waals surface area contributed by atoms with E-state index in [1.165, 1.54) is 12.1 Å². The molecule has 2 aromatic carbocycles. The van der Waals surface area contributed by atoms with Crippen LogP contribution in [0.25, 0.3) is 11.0 Å². The first-order chi connectivity index (χ1) is 13.3. The number of benzene rings is 2. The van der Waals surface area contributed by atoms with Crippen molar-refractivity contribution in [3.8, 4) is 0 Å². The Morgan fingerprint density at radius 2 is 1.82 bits per heavy atom. The van der Waals surface area contributed by atoms with Crippen molar-refractivity contribution in [3.63, 3.8) is 0 Å². The fraction of sp³-hybridized carbons (Fsp3) is 0.300. The molecule has 0 saturated heterocycles. The second-order valence-corrected chi connectivity index (χ2v) is 8.41. The molecule has 0 aliphatic rings. The summed E-state index contributed by atoms with van der Waals surface area (Å²) >= 11 is 0. The average Bonchev–Trinajstić information content (AvgIpc) is 3.09. The fourth-order valence-corrected chi connectivity index (χ4v) is 3.88. The number of nitrogens with zero attached hydrogens (tertiary/aromatic N) is 1. The van der Waals surface area contributed by atoms with Crippen LogP contribution < -0.4 is 10.0 Å². The molecule has 1 heterocycles. The molecule has 0 spiro atoms. The number of carbonyl (C=O) groups is 1. The number of fused-ring (bicyclic) bond motifs is 1. The van der Waals surface area contributed by atoms with E-state index in [-0.39, 0.29) is 4.90 Å². The number of amides is 2. The van der Waals surface area contributed by atoms with Crippen LogP contribution in [0.2, 0.25) is 0 Å². The number of nitrogens with one attached hydrogen (secondary N) is 3. The monoisotopic (exact) mass is 400 g/mol. The molecular weight excluding hydrogens is 376 g/mol. The number of H-pyrrole nitrogens is 1. The van der Waals surface area contributed by atoms with Gasteiger partial charge in [-0.15, -0.1) is 0 Å². The maximum Gasteiger partial charge on any atom is 0.328 e. The Kier molecular flexibility index (Phi) is 5.69. The summed E-state index contributed by atoms with van der Waals surface area (Å²) in [5, 5.41) is 2.60. The highest BCUT2D eigenvalue weighted by atomic mass is 32.2. The highest BCUT2D eigenvalue weighted by Gasteiger charge is 2.17. The third-order valence-electron chi connectivity index (χ3n) is 4.56. The number of carbonyl (C=O) groups excluding carboxylic acids is 1.